The van der Waals surface area contributed by atoms with Crippen molar-refractivity contribution in [2.45, 2.75) is 57.0 Å². The average molecular weight is 681 g/mol. The minimum Gasteiger partial charge on any atom is -0.466 e. The highest BCUT2D eigenvalue weighted by Gasteiger charge is 2.40. The summed E-state index contributed by atoms with van der Waals surface area (Å²) in [6.45, 7) is 0.114. The molecule has 7 nitrogen and oxygen atoms in total. The van der Waals surface area contributed by atoms with Crippen LogP contribution >= 0.6 is 0 Å². The van der Waals surface area contributed by atoms with Crippen molar-refractivity contribution in [2.75, 3.05) is 13.2 Å². The molecule has 0 unspecified atom stereocenters. The lowest BCUT2D eigenvalue weighted by Crippen LogP contribution is -2.53. The molecule has 0 bridgehead atoms. The zero-order valence-corrected chi connectivity index (χ0v) is 24.6. The summed E-state index contributed by atoms with van der Waals surface area (Å²) in [5.41, 5.74) is -1.30. The van der Waals surface area contributed by atoms with Crippen LogP contribution < -0.4 is 20.1 Å². The van der Waals surface area contributed by atoms with Gasteiger partial charge in [-0.3, -0.25) is 4.79 Å². The molecule has 3 aromatic carbocycles. The summed E-state index contributed by atoms with van der Waals surface area (Å²) in [5, 5.41) is 3.99. The predicted molar refractivity (Wildman–Crippen MR) is 149 cm³/mol. The van der Waals surface area contributed by atoms with E-state index in [9.17, 15) is 49.1 Å². The molecule has 0 saturated carbocycles. The molecule has 0 aliphatic carbocycles. The zero-order chi connectivity index (χ0) is 34.9. The number of benzene rings is 3. The minimum atomic E-state index is -5.15. The molecule has 47 heavy (non-hydrogen) atoms. The van der Waals surface area contributed by atoms with Crippen LogP contribution in [0.25, 0.3) is 0 Å². The first-order valence-corrected chi connectivity index (χ1v) is 14.0. The fourth-order valence-electron chi connectivity index (χ4n) is 4.70. The van der Waals surface area contributed by atoms with E-state index in [0.717, 1.165) is 42.0 Å². The number of urea groups is 1. The smallest absolute Gasteiger partial charge is 0.466 e. The van der Waals surface area contributed by atoms with Crippen molar-refractivity contribution in [1.29, 1.82) is 0 Å². The summed E-state index contributed by atoms with van der Waals surface area (Å²) < 4.78 is 131. The second-order valence-electron chi connectivity index (χ2n) is 10.1. The number of amides is 2. The molecule has 0 radical (unpaired) electrons. The summed E-state index contributed by atoms with van der Waals surface area (Å²) >= 11 is 0. The van der Waals surface area contributed by atoms with Gasteiger partial charge in [0.25, 0.3) is 0 Å². The number of rotatable bonds is 13. The summed E-state index contributed by atoms with van der Waals surface area (Å²) in [6, 6.07) is 13.3. The summed E-state index contributed by atoms with van der Waals surface area (Å²) in [5.74, 6) is -1.91. The van der Waals surface area contributed by atoms with E-state index in [2.05, 4.69) is 14.8 Å². The molecule has 2 amide bonds. The van der Waals surface area contributed by atoms with Crippen LogP contribution in [0.2, 0.25) is 0 Å². The number of aryl methyl sites for hydroxylation is 1. The van der Waals surface area contributed by atoms with Crippen molar-refractivity contribution in [3.8, 4) is 11.5 Å². The van der Waals surface area contributed by atoms with E-state index in [1.54, 1.807) is 36.5 Å². The third-order valence-electron chi connectivity index (χ3n) is 6.54. The van der Waals surface area contributed by atoms with Crippen molar-refractivity contribution < 1.29 is 63.3 Å². The number of carbonyl (C=O) groups is 2. The SMILES string of the molecule is CCOC(=O)CCCc1ccc(CC(NC(=O)NCC(F)(F)F)(c2cccc(OC(F)(F)F)c2)c2cccc(OC(F)(F)F)c2)cc1. The van der Waals surface area contributed by atoms with E-state index >= 15 is 0 Å². The molecule has 0 heterocycles. The van der Waals surface area contributed by atoms with E-state index < -0.39 is 48.5 Å². The lowest BCUT2D eigenvalue weighted by atomic mass is 9.77. The van der Waals surface area contributed by atoms with E-state index in [1.165, 1.54) is 12.1 Å². The first-order valence-electron chi connectivity index (χ1n) is 14.0. The van der Waals surface area contributed by atoms with Crippen LogP contribution in [0.4, 0.5) is 44.3 Å². The number of ether oxygens (including phenoxy) is 3. The average Bonchev–Trinajstić information content (AvgIpc) is 2.95. The van der Waals surface area contributed by atoms with Gasteiger partial charge >= 0.3 is 30.9 Å². The molecular weight excluding hydrogens is 651 g/mol. The number of nitrogens with one attached hydrogen (secondary N) is 2. The largest absolute Gasteiger partial charge is 0.573 e. The topological polar surface area (TPSA) is 85.9 Å². The van der Waals surface area contributed by atoms with Crippen molar-refractivity contribution in [1.82, 2.24) is 10.6 Å². The minimum absolute atomic E-state index is 0.155. The molecule has 0 saturated heterocycles. The van der Waals surface area contributed by atoms with Crippen molar-refractivity contribution in [3.63, 3.8) is 0 Å². The molecule has 3 rings (SSSR count). The second kappa shape index (κ2) is 15.3. The maximum absolute atomic E-state index is 13.1. The zero-order valence-electron chi connectivity index (χ0n) is 24.6. The molecule has 3 aromatic rings. The Labute approximate surface area is 263 Å². The van der Waals surface area contributed by atoms with E-state index in [1.807, 2.05) is 0 Å². The predicted octanol–water partition coefficient (Wildman–Crippen LogP) is 7.72. The van der Waals surface area contributed by atoms with Gasteiger partial charge in [0.2, 0.25) is 0 Å². The summed E-state index contributed by atoms with van der Waals surface area (Å²) in [6.07, 6.45) is -14.5. The molecule has 2 N–H and O–H groups in total. The van der Waals surface area contributed by atoms with Gasteiger partial charge < -0.3 is 24.8 Å². The van der Waals surface area contributed by atoms with Crippen molar-refractivity contribution in [3.05, 3.63) is 95.1 Å². The lowest BCUT2D eigenvalue weighted by molar-refractivity contribution is -0.275. The highest BCUT2D eigenvalue weighted by atomic mass is 19.4. The quantitative estimate of drug-likeness (QED) is 0.143. The van der Waals surface area contributed by atoms with E-state index in [0.29, 0.717) is 18.4 Å². The summed E-state index contributed by atoms with van der Waals surface area (Å²) in [7, 11) is 0. The highest BCUT2D eigenvalue weighted by Crippen LogP contribution is 2.38. The van der Waals surface area contributed by atoms with Crippen LogP contribution in [-0.4, -0.2) is 44.1 Å². The fourth-order valence-corrected chi connectivity index (χ4v) is 4.70. The molecule has 0 spiro atoms. The Kier molecular flexibility index (Phi) is 12.0. The van der Waals surface area contributed by atoms with Crippen LogP contribution in [-0.2, 0) is 27.9 Å². The molecule has 0 aromatic heterocycles. The lowest BCUT2D eigenvalue weighted by Gasteiger charge is -2.37. The van der Waals surface area contributed by atoms with E-state index in [-0.39, 0.29) is 36.5 Å². The molecule has 256 valence electrons. The molecule has 0 atom stereocenters. The standard InChI is InChI=1S/C31H29F9N2O5/c1-2-45-26(43)11-3-6-20-12-14-21(15-13-20)18-28(42-27(44)41-19-29(32,33)34,22-7-4-9-24(16-22)46-30(35,36)37)23-8-5-10-25(17-23)47-31(38,39)40/h4-5,7-10,12-17H,2-3,6,11,18-19H2,1H3,(H2,41,42,44). The Morgan fingerprint density at radius 2 is 1.23 bits per heavy atom. The second-order valence-corrected chi connectivity index (χ2v) is 10.1. The van der Waals surface area contributed by atoms with Crippen LogP contribution in [0.1, 0.15) is 42.0 Å². The van der Waals surface area contributed by atoms with Gasteiger partial charge in [0.1, 0.15) is 18.0 Å². The molecule has 16 heteroatoms. The Balaban J connectivity index is 2.13. The van der Waals surface area contributed by atoms with Crippen LogP contribution in [0.5, 0.6) is 11.5 Å². The maximum Gasteiger partial charge on any atom is 0.573 e. The molecular formula is C31H29F9N2O5. The summed E-state index contributed by atoms with van der Waals surface area (Å²) in [4.78, 5) is 24.6. The number of hydrogen-bond donors (Lipinski definition) is 2. The third kappa shape index (κ3) is 12.2. The van der Waals surface area contributed by atoms with Gasteiger partial charge in [-0.2, -0.15) is 13.2 Å². The van der Waals surface area contributed by atoms with Gasteiger partial charge in [-0.1, -0.05) is 48.5 Å². The van der Waals surface area contributed by atoms with Crippen LogP contribution in [0.15, 0.2) is 72.8 Å². The van der Waals surface area contributed by atoms with Gasteiger partial charge in [0.05, 0.1) is 12.1 Å². The first-order chi connectivity index (χ1) is 21.9. The number of esters is 1. The number of halogens is 9. The Bertz CT molecular complexity index is 1430. The number of alkyl halides is 9. The molecule has 0 aliphatic rings. The van der Waals surface area contributed by atoms with Crippen LogP contribution in [0.3, 0.4) is 0 Å². The maximum atomic E-state index is 13.1. The Morgan fingerprint density at radius 3 is 1.70 bits per heavy atom. The van der Waals surface area contributed by atoms with Crippen molar-refractivity contribution >= 4 is 12.0 Å². The van der Waals surface area contributed by atoms with Gasteiger partial charge in [-0.25, -0.2) is 4.79 Å². The van der Waals surface area contributed by atoms with E-state index in [4.69, 9.17) is 4.74 Å². The Hall–Kier alpha value is -4.63. The first kappa shape index (κ1) is 36.8. The molecule has 0 fully saturated rings. The molecule has 0 aliphatic heterocycles. The normalized spacial score (nSPS) is 12.3. The Morgan fingerprint density at radius 1 is 0.723 bits per heavy atom. The number of carbonyl (C=O) groups excluding carboxylic acids is 2. The third-order valence-corrected chi connectivity index (χ3v) is 6.54. The van der Waals surface area contributed by atoms with Crippen LogP contribution in [0, 0.1) is 0 Å². The highest BCUT2D eigenvalue weighted by molar-refractivity contribution is 5.76. The van der Waals surface area contributed by atoms with Gasteiger partial charge in [0.15, 0.2) is 0 Å². The monoisotopic (exact) mass is 680 g/mol. The number of hydrogen-bond acceptors (Lipinski definition) is 5. The van der Waals surface area contributed by atoms with Gasteiger partial charge in [0, 0.05) is 12.8 Å². The van der Waals surface area contributed by atoms with Crippen molar-refractivity contribution in [2.24, 2.45) is 0 Å². The fraction of sp³-hybridized carbons (Fsp3) is 0.355. The van der Waals surface area contributed by atoms with Gasteiger partial charge in [-0.05, 0) is 66.3 Å². The van der Waals surface area contributed by atoms with Gasteiger partial charge in [-0.15, -0.1) is 26.3 Å².